The zero-order chi connectivity index (χ0) is 11.5. The van der Waals surface area contributed by atoms with Gasteiger partial charge in [-0.15, -0.1) is 11.6 Å². The first kappa shape index (κ1) is 11.5. The molecule has 2 atom stereocenters. The fraction of sp³-hybridized carbons (Fsp3) is 0.429. The highest BCUT2D eigenvalue weighted by Gasteiger charge is 2.27. The van der Waals surface area contributed by atoms with Crippen LogP contribution in [-0.2, 0) is 6.42 Å². The van der Waals surface area contributed by atoms with Crippen molar-refractivity contribution < 1.29 is 4.74 Å². The van der Waals surface area contributed by atoms with E-state index in [1.165, 1.54) is 11.1 Å². The lowest BCUT2D eigenvalue weighted by Crippen LogP contribution is -2.25. The number of benzene rings is 1. The maximum absolute atomic E-state index is 6.20. The van der Waals surface area contributed by atoms with Crippen molar-refractivity contribution in [1.29, 1.82) is 0 Å². The third kappa shape index (κ3) is 2.41. The fourth-order valence-corrected chi connectivity index (χ4v) is 2.29. The molecule has 0 aromatic heterocycles. The van der Waals surface area contributed by atoms with Crippen LogP contribution in [0.5, 0.6) is 5.75 Å². The third-order valence-corrected chi connectivity index (χ3v) is 3.66. The van der Waals surface area contributed by atoms with E-state index in [9.17, 15) is 0 Å². The van der Waals surface area contributed by atoms with E-state index in [0.717, 1.165) is 12.2 Å². The molecule has 0 bridgehead atoms. The predicted octanol–water partition coefficient (Wildman–Crippen LogP) is 3.81. The first-order chi connectivity index (χ1) is 7.70. The van der Waals surface area contributed by atoms with Gasteiger partial charge in [0, 0.05) is 5.92 Å². The van der Waals surface area contributed by atoms with E-state index < -0.39 is 0 Å². The Morgan fingerprint density at radius 3 is 2.44 bits per heavy atom. The third-order valence-electron chi connectivity index (χ3n) is 2.99. The van der Waals surface area contributed by atoms with Gasteiger partial charge in [0.25, 0.3) is 0 Å². The standard InChI is InChI=1S/C14H17ClO/c1-3-16-13-6-4-11(5-7-13)9-12-8-10(2)14(12)15/h4-8,12,14H,3,9H2,1-2H3/t12?,14-/m0/s1. The predicted molar refractivity (Wildman–Crippen MR) is 68.2 cm³/mol. The molecular formula is C14H17ClO. The molecule has 0 aliphatic heterocycles. The number of hydrogen-bond acceptors (Lipinski definition) is 1. The molecule has 1 unspecified atom stereocenters. The minimum absolute atomic E-state index is 0.228. The highest BCUT2D eigenvalue weighted by molar-refractivity contribution is 6.23. The first-order valence-corrected chi connectivity index (χ1v) is 6.18. The molecule has 0 amide bonds. The second-order valence-corrected chi connectivity index (χ2v) is 4.73. The van der Waals surface area contributed by atoms with Crippen LogP contribution in [0, 0.1) is 5.92 Å². The Morgan fingerprint density at radius 1 is 1.25 bits per heavy atom. The van der Waals surface area contributed by atoms with Gasteiger partial charge in [-0.1, -0.05) is 23.8 Å². The van der Waals surface area contributed by atoms with Crippen LogP contribution in [0.25, 0.3) is 0 Å². The van der Waals surface area contributed by atoms with E-state index in [0.29, 0.717) is 12.5 Å². The Kier molecular flexibility index (Phi) is 3.55. The highest BCUT2D eigenvalue weighted by atomic mass is 35.5. The highest BCUT2D eigenvalue weighted by Crippen LogP contribution is 2.34. The fourth-order valence-electron chi connectivity index (χ4n) is 2.06. The lowest BCUT2D eigenvalue weighted by molar-refractivity contribution is 0.340. The van der Waals surface area contributed by atoms with Gasteiger partial charge < -0.3 is 4.74 Å². The molecule has 0 fully saturated rings. The first-order valence-electron chi connectivity index (χ1n) is 5.75. The lowest BCUT2D eigenvalue weighted by atomic mass is 9.82. The Morgan fingerprint density at radius 2 is 1.94 bits per heavy atom. The smallest absolute Gasteiger partial charge is 0.119 e. The number of rotatable bonds is 4. The quantitative estimate of drug-likeness (QED) is 0.571. The summed E-state index contributed by atoms with van der Waals surface area (Å²) in [5.74, 6) is 1.44. The van der Waals surface area contributed by atoms with Crippen LogP contribution in [-0.4, -0.2) is 12.0 Å². The largest absolute Gasteiger partial charge is 0.494 e. The maximum Gasteiger partial charge on any atom is 0.119 e. The van der Waals surface area contributed by atoms with Gasteiger partial charge in [-0.3, -0.25) is 0 Å². The van der Waals surface area contributed by atoms with Crippen LogP contribution < -0.4 is 4.74 Å². The van der Waals surface area contributed by atoms with Crippen LogP contribution in [0.15, 0.2) is 35.9 Å². The Bertz CT molecular complexity index is 380. The van der Waals surface area contributed by atoms with Gasteiger partial charge >= 0.3 is 0 Å². The number of ether oxygens (including phenoxy) is 1. The summed E-state index contributed by atoms with van der Waals surface area (Å²) in [6.07, 6.45) is 3.28. The molecule has 0 saturated heterocycles. The van der Waals surface area contributed by atoms with Crippen LogP contribution in [0.3, 0.4) is 0 Å². The second kappa shape index (κ2) is 4.92. The van der Waals surface area contributed by atoms with Crippen LogP contribution >= 0.6 is 11.6 Å². The molecule has 1 aliphatic carbocycles. The SMILES string of the molecule is CCOc1ccc(CC2C=C(C)[C@@H]2Cl)cc1. The number of allylic oxidation sites excluding steroid dienone is 2. The Labute approximate surface area is 102 Å². The molecule has 0 radical (unpaired) electrons. The van der Waals surface area contributed by atoms with Gasteiger partial charge in [-0.2, -0.15) is 0 Å². The van der Waals surface area contributed by atoms with Gasteiger partial charge in [-0.05, 0) is 38.0 Å². The Hall–Kier alpha value is -0.950. The minimum Gasteiger partial charge on any atom is -0.494 e. The summed E-state index contributed by atoms with van der Waals surface area (Å²) in [5.41, 5.74) is 2.63. The summed E-state index contributed by atoms with van der Waals surface area (Å²) in [6, 6.07) is 8.29. The molecule has 1 nitrogen and oxygen atoms in total. The van der Waals surface area contributed by atoms with Gasteiger partial charge in [-0.25, -0.2) is 0 Å². The summed E-state index contributed by atoms with van der Waals surface area (Å²) < 4.78 is 5.41. The van der Waals surface area contributed by atoms with Crippen molar-refractivity contribution in [3.63, 3.8) is 0 Å². The summed E-state index contributed by atoms with van der Waals surface area (Å²) in [4.78, 5) is 0. The number of alkyl halides is 1. The van der Waals surface area contributed by atoms with Crippen molar-refractivity contribution in [2.45, 2.75) is 25.6 Å². The molecule has 0 spiro atoms. The lowest BCUT2D eigenvalue weighted by Gasteiger charge is -2.29. The van der Waals surface area contributed by atoms with Gasteiger partial charge in [0.2, 0.25) is 0 Å². The topological polar surface area (TPSA) is 9.23 Å². The normalized spacial score (nSPS) is 23.6. The van der Waals surface area contributed by atoms with Crippen molar-refractivity contribution >= 4 is 11.6 Å². The van der Waals surface area contributed by atoms with E-state index >= 15 is 0 Å². The molecule has 2 rings (SSSR count). The molecular weight excluding hydrogens is 220 g/mol. The molecule has 1 aliphatic rings. The molecule has 0 heterocycles. The summed E-state index contributed by atoms with van der Waals surface area (Å²) in [7, 11) is 0. The number of hydrogen-bond donors (Lipinski definition) is 0. The van der Waals surface area contributed by atoms with Crippen molar-refractivity contribution in [3.05, 3.63) is 41.5 Å². The van der Waals surface area contributed by atoms with Gasteiger partial charge in [0.1, 0.15) is 5.75 Å². The number of halogens is 1. The van der Waals surface area contributed by atoms with Crippen LogP contribution in [0.4, 0.5) is 0 Å². The van der Waals surface area contributed by atoms with Gasteiger partial charge in [0.05, 0.1) is 12.0 Å². The van der Waals surface area contributed by atoms with E-state index in [2.05, 4.69) is 25.1 Å². The molecule has 2 heteroatoms. The second-order valence-electron chi connectivity index (χ2n) is 4.26. The molecule has 1 aromatic carbocycles. The van der Waals surface area contributed by atoms with E-state index in [1.54, 1.807) is 0 Å². The Balaban J connectivity index is 1.96. The maximum atomic E-state index is 6.20. The zero-order valence-corrected chi connectivity index (χ0v) is 10.5. The van der Waals surface area contributed by atoms with E-state index in [-0.39, 0.29) is 5.38 Å². The summed E-state index contributed by atoms with van der Waals surface area (Å²) in [5, 5.41) is 0.228. The summed E-state index contributed by atoms with van der Waals surface area (Å²) in [6.45, 7) is 4.80. The molecule has 86 valence electrons. The van der Waals surface area contributed by atoms with E-state index in [4.69, 9.17) is 16.3 Å². The van der Waals surface area contributed by atoms with Crippen molar-refractivity contribution in [2.24, 2.45) is 5.92 Å². The van der Waals surface area contributed by atoms with Crippen molar-refractivity contribution in [2.75, 3.05) is 6.61 Å². The van der Waals surface area contributed by atoms with Crippen LogP contribution in [0.1, 0.15) is 19.4 Å². The average molecular weight is 237 g/mol. The van der Waals surface area contributed by atoms with Crippen LogP contribution in [0.2, 0.25) is 0 Å². The van der Waals surface area contributed by atoms with Crippen molar-refractivity contribution in [3.8, 4) is 5.75 Å². The zero-order valence-electron chi connectivity index (χ0n) is 9.74. The molecule has 0 saturated carbocycles. The van der Waals surface area contributed by atoms with Gasteiger partial charge in [0.15, 0.2) is 0 Å². The molecule has 0 N–H and O–H groups in total. The average Bonchev–Trinajstić information content (AvgIpc) is 2.31. The monoisotopic (exact) mass is 236 g/mol. The minimum atomic E-state index is 0.228. The van der Waals surface area contributed by atoms with E-state index in [1.807, 2.05) is 19.1 Å². The van der Waals surface area contributed by atoms with Crippen molar-refractivity contribution in [1.82, 2.24) is 0 Å². The molecule has 16 heavy (non-hydrogen) atoms. The molecule has 1 aromatic rings. The summed E-state index contributed by atoms with van der Waals surface area (Å²) >= 11 is 6.20.